The van der Waals surface area contributed by atoms with Gasteiger partial charge in [0, 0.05) is 18.7 Å². The highest BCUT2D eigenvalue weighted by molar-refractivity contribution is 5.93. The van der Waals surface area contributed by atoms with Gasteiger partial charge in [-0.25, -0.2) is 4.79 Å². The van der Waals surface area contributed by atoms with Crippen LogP contribution >= 0.6 is 0 Å². The molecule has 4 aromatic rings. The van der Waals surface area contributed by atoms with E-state index in [4.69, 9.17) is 14.2 Å². The van der Waals surface area contributed by atoms with Crippen LogP contribution in [-0.4, -0.2) is 36.9 Å². The first-order valence-electron chi connectivity index (χ1n) is 12.9. The van der Waals surface area contributed by atoms with E-state index in [0.29, 0.717) is 18.1 Å². The van der Waals surface area contributed by atoms with Crippen molar-refractivity contribution >= 4 is 11.5 Å². The van der Waals surface area contributed by atoms with Crippen LogP contribution in [0, 0.1) is 0 Å². The van der Waals surface area contributed by atoms with Crippen LogP contribution in [0.15, 0.2) is 115 Å². The largest absolute Gasteiger partial charge is 0.463 e. The second kappa shape index (κ2) is 10.2. The molecule has 0 N–H and O–H groups in total. The van der Waals surface area contributed by atoms with Crippen molar-refractivity contribution in [2.45, 2.75) is 18.5 Å². The molecule has 190 valence electrons. The molecule has 6 rings (SSSR count). The molecule has 2 atom stereocenters. The third-order valence-corrected chi connectivity index (χ3v) is 7.24. The van der Waals surface area contributed by atoms with Crippen LogP contribution < -0.4 is 9.47 Å². The summed E-state index contributed by atoms with van der Waals surface area (Å²) in [6.07, 6.45) is 1.64. The molecule has 4 aromatic carbocycles. The van der Waals surface area contributed by atoms with Gasteiger partial charge in [0.2, 0.25) is 6.79 Å². The summed E-state index contributed by atoms with van der Waals surface area (Å²) in [5.74, 6) is 1.05. The molecule has 0 amide bonds. The lowest BCUT2D eigenvalue weighted by molar-refractivity contribution is -0.137. The fourth-order valence-corrected chi connectivity index (χ4v) is 5.57. The van der Waals surface area contributed by atoms with Gasteiger partial charge >= 0.3 is 5.97 Å². The number of benzene rings is 4. The van der Waals surface area contributed by atoms with E-state index in [1.807, 2.05) is 43.3 Å². The number of fused-ring (bicyclic) bond motifs is 1. The highest BCUT2D eigenvalue weighted by atomic mass is 16.7. The molecular weight excluding hydrogens is 474 g/mol. The molecule has 0 bridgehead atoms. The lowest BCUT2D eigenvalue weighted by Crippen LogP contribution is -2.39. The molecule has 0 aliphatic carbocycles. The van der Waals surface area contributed by atoms with Gasteiger partial charge in [0.1, 0.15) is 0 Å². The molecule has 1 fully saturated rings. The Morgan fingerprint density at radius 2 is 1.39 bits per heavy atom. The van der Waals surface area contributed by atoms with Crippen LogP contribution in [0.5, 0.6) is 11.5 Å². The maximum Gasteiger partial charge on any atom is 0.331 e. The van der Waals surface area contributed by atoms with Crippen molar-refractivity contribution in [2.24, 2.45) is 0 Å². The number of carbonyl (C=O) groups is 1. The average Bonchev–Trinajstić information content (AvgIpc) is 3.61. The Labute approximate surface area is 222 Å². The van der Waals surface area contributed by atoms with Crippen LogP contribution in [0.2, 0.25) is 0 Å². The van der Waals surface area contributed by atoms with Crippen molar-refractivity contribution in [2.75, 3.05) is 19.9 Å². The minimum Gasteiger partial charge on any atom is -0.463 e. The summed E-state index contributed by atoms with van der Waals surface area (Å²) in [5, 5.41) is 0. The normalized spacial score (nSPS) is 18.2. The number of hydrogen-bond acceptors (Lipinski definition) is 5. The number of rotatable bonds is 8. The van der Waals surface area contributed by atoms with Gasteiger partial charge in [-0.3, -0.25) is 4.90 Å². The zero-order valence-electron chi connectivity index (χ0n) is 21.2. The average molecular weight is 504 g/mol. The van der Waals surface area contributed by atoms with Crippen LogP contribution in [0.25, 0.3) is 5.57 Å². The Hall–Kier alpha value is -4.35. The van der Waals surface area contributed by atoms with Gasteiger partial charge < -0.3 is 14.2 Å². The monoisotopic (exact) mass is 503 g/mol. The topological polar surface area (TPSA) is 47.8 Å². The van der Waals surface area contributed by atoms with E-state index in [-0.39, 0.29) is 18.8 Å². The number of hydrogen-bond donors (Lipinski definition) is 0. The van der Waals surface area contributed by atoms with E-state index in [1.165, 1.54) is 16.7 Å². The number of ether oxygens (including phenoxy) is 3. The van der Waals surface area contributed by atoms with E-state index in [1.54, 1.807) is 6.08 Å². The SMILES string of the molecule is CCOC(=O)/C=C(\c1ccc2c(c1)OCO2)[C@@H]1CN1C(c1ccccc1)(c1ccccc1)c1ccccc1. The Bertz CT molecular complexity index is 1350. The van der Waals surface area contributed by atoms with Crippen molar-refractivity contribution in [3.05, 3.63) is 138 Å². The van der Waals surface area contributed by atoms with Crippen molar-refractivity contribution in [1.29, 1.82) is 0 Å². The zero-order valence-corrected chi connectivity index (χ0v) is 21.2. The smallest absolute Gasteiger partial charge is 0.331 e. The molecule has 38 heavy (non-hydrogen) atoms. The lowest BCUT2D eigenvalue weighted by atomic mass is 9.76. The van der Waals surface area contributed by atoms with Gasteiger partial charge in [0.15, 0.2) is 11.5 Å². The first-order valence-corrected chi connectivity index (χ1v) is 12.9. The summed E-state index contributed by atoms with van der Waals surface area (Å²) in [6.45, 7) is 3.10. The number of carbonyl (C=O) groups excluding carboxylic acids is 1. The molecule has 2 aliphatic rings. The minimum absolute atomic E-state index is 0.0274. The predicted molar refractivity (Wildman–Crippen MR) is 147 cm³/mol. The maximum absolute atomic E-state index is 12.8. The van der Waals surface area contributed by atoms with Crippen molar-refractivity contribution in [3.8, 4) is 11.5 Å². The molecule has 0 radical (unpaired) electrons. The first kappa shape index (κ1) is 24.0. The number of nitrogens with zero attached hydrogens (tertiary/aromatic N) is 1. The van der Waals surface area contributed by atoms with E-state index < -0.39 is 5.54 Å². The molecular formula is C33H29NO4. The third kappa shape index (κ3) is 4.25. The minimum atomic E-state index is -0.557. The molecule has 1 unspecified atom stereocenters. The Kier molecular flexibility index (Phi) is 6.44. The summed E-state index contributed by atoms with van der Waals surface area (Å²) in [5.41, 5.74) is 4.76. The molecule has 2 aliphatic heterocycles. The van der Waals surface area contributed by atoms with Gasteiger partial charge in [0.05, 0.1) is 12.1 Å². The number of esters is 1. The van der Waals surface area contributed by atoms with E-state index in [2.05, 4.69) is 77.7 Å². The summed E-state index contributed by atoms with van der Waals surface area (Å²) in [6, 6.07) is 37.6. The van der Waals surface area contributed by atoms with Gasteiger partial charge in [-0.1, -0.05) is 97.1 Å². The lowest BCUT2D eigenvalue weighted by Gasteiger charge is -2.38. The predicted octanol–water partition coefficient (Wildman–Crippen LogP) is 6.04. The van der Waals surface area contributed by atoms with Gasteiger partial charge in [-0.15, -0.1) is 0 Å². The fraction of sp³-hybridized carbons (Fsp3) is 0.182. The summed E-state index contributed by atoms with van der Waals surface area (Å²) < 4.78 is 16.5. The molecule has 0 spiro atoms. The van der Waals surface area contributed by atoms with Crippen LogP contribution in [0.3, 0.4) is 0 Å². The van der Waals surface area contributed by atoms with Crippen molar-refractivity contribution in [1.82, 2.24) is 4.90 Å². The van der Waals surface area contributed by atoms with Crippen LogP contribution in [-0.2, 0) is 15.1 Å². The Balaban J connectivity index is 1.52. The van der Waals surface area contributed by atoms with Crippen LogP contribution in [0.1, 0.15) is 29.2 Å². The van der Waals surface area contributed by atoms with Gasteiger partial charge in [-0.05, 0) is 46.9 Å². The molecule has 5 heteroatoms. The quantitative estimate of drug-likeness (QED) is 0.127. The standard InChI is InChI=1S/C33H29NO4/c1-2-36-32(35)21-28(24-18-19-30-31(20-24)38-23-37-30)29-22-34(29)33(25-12-6-3-7-13-25,26-14-8-4-9-15-26)27-16-10-5-11-17-27/h3-21,29H,2,22-23H2,1H3/b28-21+/t29-,34?/m0/s1. The highest BCUT2D eigenvalue weighted by Crippen LogP contribution is 2.51. The molecule has 0 aromatic heterocycles. The van der Waals surface area contributed by atoms with E-state index in [9.17, 15) is 4.79 Å². The van der Waals surface area contributed by atoms with Gasteiger partial charge in [-0.2, -0.15) is 0 Å². The Morgan fingerprint density at radius 3 is 1.95 bits per heavy atom. The van der Waals surface area contributed by atoms with Crippen molar-refractivity contribution in [3.63, 3.8) is 0 Å². The zero-order chi connectivity index (χ0) is 26.0. The fourth-order valence-electron chi connectivity index (χ4n) is 5.57. The van der Waals surface area contributed by atoms with E-state index in [0.717, 1.165) is 17.7 Å². The van der Waals surface area contributed by atoms with Crippen LogP contribution in [0.4, 0.5) is 0 Å². The summed E-state index contributed by atoms with van der Waals surface area (Å²) in [7, 11) is 0. The van der Waals surface area contributed by atoms with Crippen molar-refractivity contribution < 1.29 is 19.0 Å². The molecule has 2 heterocycles. The summed E-state index contributed by atoms with van der Waals surface area (Å²) >= 11 is 0. The van der Waals surface area contributed by atoms with E-state index >= 15 is 0 Å². The molecule has 1 saturated heterocycles. The van der Waals surface area contributed by atoms with Gasteiger partial charge in [0.25, 0.3) is 0 Å². The Morgan fingerprint density at radius 1 is 0.842 bits per heavy atom. The maximum atomic E-state index is 12.8. The molecule has 0 saturated carbocycles. The summed E-state index contributed by atoms with van der Waals surface area (Å²) in [4.78, 5) is 15.2. The molecule has 5 nitrogen and oxygen atoms in total. The first-order chi connectivity index (χ1) is 18.7. The second-order valence-corrected chi connectivity index (χ2v) is 9.40. The third-order valence-electron chi connectivity index (χ3n) is 7.24. The second-order valence-electron chi connectivity index (χ2n) is 9.40. The highest BCUT2D eigenvalue weighted by Gasteiger charge is 2.54.